The smallest absolute Gasteiger partial charge is 0.252 e. The molecular weight excluding hydrogens is 276 g/mol. The Morgan fingerprint density at radius 3 is 2.53 bits per heavy atom. The molecule has 17 heavy (non-hydrogen) atoms. The van der Waals surface area contributed by atoms with E-state index >= 15 is 0 Å². The lowest BCUT2D eigenvalue weighted by Gasteiger charge is -2.15. The predicted octanol–water partition coefficient (Wildman–Crippen LogP) is 2.21. The largest absolute Gasteiger partial charge is 0.464 e. The molecule has 0 amide bonds. The average molecular weight is 288 g/mol. The van der Waals surface area contributed by atoms with Crippen LogP contribution in [0.25, 0.3) is 0 Å². The molecule has 8 heteroatoms. The topological polar surface area (TPSA) is 50.5 Å². The van der Waals surface area contributed by atoms with Crippen molar-refractivity contribution in [2.24, 2.45) is 0 Å². The van der Waals surface area contributed by atoms with E-state index in [1.54, 1.807) is 0 Å². The molecule has 0 aliphatic carbocycles. The first-order valence-corrected chi connectivity index (χ1v) is 6.66. The van der Waals surface area contributed by atoms with E-state index in [0.29, 0.717) is 4.31 Å². The Balaban J connectivity index is 3.08. The Morgan fingerprint density at radius 2 is 2.12 bits per heavy atom. The second-order valence-electron chi connectivity index (χ2n) is 3.44. The van der Waals surface area contributed by atoms with Gasteiger partial charge in [-0.2, -0.15) is 4.31 Å². The molecule has 0 unspecified atom stereocenters. The minimum atomic E-state index is -3.95. The van der Waals surface area contributed by atoms with Gasteiger partial charge in [0.2, 0.25) is 10.0 Å². The Kier molecular flexibility index (Phi) is 4.51. The molecule has 0 saturated carbocycles. The Hall–Kier alpha value is -0.660. The molecule has 0 radical (unpaired) electrons. The van der Waals surface area contributed by atoms with Crippen molar-refractivity contribution in [3.63, 3.8) is 0 Å². The Bertz CT molecular complexity index is 486. The number of halogens is 3. The lowest BCUT2D eigenvalue weighted by Crippen LogP contribution is -2.31. The number of aryl methyl sites for hydroxylation is 1. The fourth-order valence-electron chi connectivity index (χ4n) is 1.31. The van der Waals surface area contributed by atoms with Gasteiger partial charge in [-0.3, -0.25) is 0 Å². The first-order chi connectivity index (χ1) is 7.78. The van der Waals surface area contributed by atoms with Crippen molar-refractivity contribution in [1.29, 1.82) is 0 Å². The Morgan fingerprint density at radius 1 is 1.53 bits per heavy atom. The van der Waals surface area contributed by atoms with Gasteiger partial charge in [0.05, 0.1) is 12.4 Å². The summed E-state index contributed by atoms with van der Waals surface area (Å²) in [6, 6.07) is 1.25. The average Bonchev–Trinajstić information content (AvgIpc) is 2.59. The van der Waals surface area contributed by atoms with Gasteiger partial charge in [0.15, 0.2) is 0 Å². The van der Waals surface area contributed by atoms with E-state index in [2.05, 4.69) is 0 Å². The summed E-state index contributed by atoms with van der Waals surface area (Å²) in [5, 5.41) is 0. The lowest BCUT2D eigenvalue weighted by atomic mass is 10.4. The van der Waals surface area contributed by atoms with Gasteiger partial charge in [-0.05, 0) is 6.92 Å². The third-order valence-electron chi connectivity index (χ3n) is 2.14. The standard InChI is InChI=1S/C9H12ClF2NO3S/c1-6-8(3-7(4-10)16-6)17(14,15)13(2)5-9(11)12/h3,9H,4-5H2,1-2H3. The molecule has 1 aromatic rings. The molecule has 1 aromatic heterocycles. The first kappa shape index (κ1) is 14.4. The van der Waals surface area contributed by atoms with Crippen LogP contribution in [0.1, 0.15) is 11.5 Å². The van der Waals surface area contributed by atoms with Gasteiger partial charge in [0.1, 0.15) is 16.4 Å². The van der Waals surface area contributed by atoms with Crippen molar-refractivity contribution in [1.82, 2.24) is 4.31 Å². The maximum atomic E-state index is 12.2. The van der Waals surface area contributed by atoms with Gasteiger partial charge in [-0.15, -0.1) is 11.6 Å². The van der Waals surface area contributed by atoms with Crippen LogP contribution in [0.3, 0.4) is 0 Å². The van der Waals surface area contributed by atoms with Crippen LogP contribution in [-0.4, -0.2) is 32.7 Å². The van der Waals surface area contributed by atoms with Crippen LogP contribution in [0, 0.1) is 6.92 Å². The van der Waals surface area contributed by atoms with Crippen molar-refractivity contribution in [2.45, 2.75) is 24.1 Å². The van der Waals surface area contributed by atoms with Crippen LogP contribution >= 0.6 is 11.6 Å². The molecule has 0 aromatic carbocycles. The molecule has 4 nitrogen and oxygen atoms in total. The van der Waals surface area contributed by atoms with Crippen molar-refractivity contribution in [3.05, 3.63) is 17.6 Å². The monoisotopic (exact) mass is 287 g/mol. The second kappa shape index (κ2) is 5.32. The maximum Gasteiger partial charge on any atom is 0.252 e. The SMILES string of the molecule is Cc1oc(CCl)cc1S(=O)(=O)N(C)CC(F)F. The molecule has 0 N–H and O–H groups in total. The summed E-state index contributed by atoms with van der Waals surface area (Å²) in [5.41, 5.74) is 0. The fraction of sp³-hybridized carbons (Fsp3) is 0.556. The first-order valence-electron chi connectivity index (χ1n) is 4.68. The molecule has 0 fully saturated rings. The molecule has 0 saturated heterocycles. The number of hydrogen-bond acceptors (Lipinski definition) is 3. The summed E-state index contributed by atoms with van der Waals surface area (Å²) in [6.45, 7) is 0.586. The van der Waals surface area contributed by atoms with Gasteiger partial charge in [0.25, 0.3) is 6.43 Å². The van der Waals surface area contributed by atoms with E-state index in [1.165, 1.54) is 13.0 Å². The van der Waals surface area contributed by atoms with Crippen molar-refractivity contribution < 1.29 is 21.6 Å². The highest BCUT2D eigenvalue weighted by Crippen LogP contribution is 2.24. The third-order valence-corrected chi connectivity index (χ3v) is 4.33. The summed E-state index contributed by atoms with van der Waals surface area (Å²) in [4.78, 5) is -0.128. The number of nitrogens with zero attached hydrogens (tertiary/aromatic N) is 1. The zero-order chi connectivity index (χ0) is 13.2. The summed E-state index contributed by atoms with van der Waals surface area (Å²) in [7, 11) is -2.86. The van der Waals surface area contributed by atoms with Crippen LogP contribution in [0.4, 0.5) is 8.78 Å². The second-order valence-corrected chi connectivity index (χ2v) is 5.72. The van der Waals surface area contributed by atoms with E-state index in [0.717, 1.165) is 7.05 Å². The van der Waals surface area contributed by atoms with Gasteiger partial charge in [-0.25, -0.2) is 17.2 Å². The highest BCUT2D eigenvalue weighted by molar-refractivity contribution is 7.89. The molecule has 1 rings (SSSR count). The molecule has 0 spiro atoms. The molecule has 0 atom stereocenters. The van der Waals surface area contributed by atoms with Gasteiger partial charge >= 0.3 is 0 Å². The highest BCUT2D eigenvalue weighted by atomic mass is 35.5. The number of alkyl halides is 3. The predicted molar refractivity (Wildman–Crippen MR) is 58.8 cm³/mol. The minimum Gasteiger partial charge on any atom is -0.464 e. The molecule has 0 aliphatic rings. The quantitative estimate of drug-likeness (QED) is 0.780. The van der Waals surface area contributed by atoms with Gasteiger partial charge < -0.3 is 4.42 Å². The number of furan rings is 1. The highest BCUT2D eigenvalue weighted by Gasteiger charge is 2.27. The summed E-state index contributed by atoms with van der Waals surface area (Å²) in [6.07, 6.45) is -2.73. The molecule has 1 heterocycles. The molecular formula is C9H12ClF2NO3S. The summed E-state index contributed by atoms with van der Waals surface area (Å²) >= 11 is 5.50. The Labute approximate surface area is 103 Å². The number of sulfonamides is 1. The van der Waals surface area contributed by atoms with Crippen LogP contribution in [0.15, 0.2) is 15.4 Å². The molecule has 0 bridgehead atoms. The van der Waals surface area contributed by atoms with Crippen molar-refractivity contribution in [2.75, 3.05) is 13.6 Å². The van der Waals surface area contributed by atoms with E-state index in [9.17, 15) is 17.2 Å². The molecule has 0 aliphatic heterocycles. The van der Waals surface area contributed by atoms with Gasteiger partial charge in [-0.1, -0.05) is 0 Å². The number of rotatable bonds is 5. The fourth-order valence-corrected chi connectivity index (χ4v) is 2.77. The third kappa shape index (κ3) is 3.17. The van der Waals surface area contributed by atoms with E-state index in [-0.39, 0.29) is 22.3 Å². The molecule has 98 valence electrons. The van der Waals surface area contributed by atoms with Crippen LogP contribution in [0.2, 0.25) is 0 Å². The normalized spacial score (nSPS) is 12.6. The van der Waals surface area contributed by atoms with Gasteiger partial charge in [0, 0.05) is 13.1 Å². The zero-order valence-corrected chi connectivity index (χ0v) is 10.9. The van der Waals surface area contributed by atoms with E-state index < -0.39 is 23.0 Å². The number of hydrogen-bond donors (Lipinski definition) is 0. The van der Waals surface area contributed by atoms with Crippen LogP contribution in [0.5, 0.6) is 0 Å². The van der Waals surface area contributed by atoms with Crippen LogP contribution < -0.4 is 0 Å². The lowest BCUT2D eigenvalue weighted by molar-refractivity contribution is 0.126. The summed E-state index contributed by atoms with van der Waals surface area (Å²) < 4.78 is 53.8. The summed E-state index contributed by atoms with van der Waals surface area (Å²) in [5.74, 6) is 0.449. The van der Waals surface area contributed by atoms with E-state index in [4.69, 9.17) is 16.0 Å². The van der Waals surface area contributed by atoms with E-state index in [1.807, 2.05) is 0 Å². The van der Waals surface area contributed by atoms with Crippen molar-refractivity contribution >= 4 is 21.6 Å². The van der Waals surface area contributed by atoms with Crippen LogP contribution in [-0.2, 0) is 15.9 Å². The maximum absolute atomic E-state index is 12.2. The zero-order valence-electron chi connectivity index (χ0n) is 9.28. The minimum absolute atomic E-state index is 0.0227. The van der Waals surface area contributed by atoms with Crippen molar-refractivity contribution in [3.8, 4) is 0 Å².